The molecule has 0 amide bonds. The molecule has 2 heteroatoms. The molecule has 1 atom stereocenters. The highest BCUT2D eigenvalue weighted by Crippen LogP contribution is 2.32. The van der Waals surface area contributed by atoms with Crippen molar-refractivity contribution >= 4 is 0 Å². The van der Waals surface area contributed by atoms with Crippen molar-refractivity contribution in [3.63, 3.8) is 0 Å². The maximum Gasteiger partial charge on any atom is 0.122 e. The van der Waals surface area contributed by atoms with Crippen molar-refractivity contribution < 1.29 is 9.84 Å². The van der Waals surface area contributed by atoms with Gasteiger partial charge in [-0.1, -0.05) is 18.6 Å². The van der Waals surface area contributed by atoms with Crippen LogP contribution in [0.1, 0.15) is 36.8 Å². The van der Waals surface area contributed by atoms with Crippen molar-refractivity contribution in [2.45, 2.75) is 44.6 Å². The predicted octanol–water partition coefficient (Wildman–Crippen LogP) is 2.72. The third kappa shape index (κ3) is 2.32. The third-order valence-corrected chi connectivity index (χ3v) is 4.18. The first-order valence-electron chi connectivity index (χ1n) is 6.75. The second kappa shape index (κ2) is 4.69. The molecule has 92 valence electrons. The molecule has 1 unspecified atom stereocenters. The molecule has 0 bridgehead atoms. The Morgan fingerprint density at radius 3 is 3.00 bits per heavy atom. The minimum Gasteiger partial charge on any atom is -0.493 e. The van der Waals surface area contributed by atoms with E-state index in [4.69, 9.17) is 4.74 Å². The van der Waals surface area contributed by atoms with Gasteiger partial charge in [-0.3, -0.25) is 0 Å². The van der Waals surface area contributed by atoms with Gasteiger partial charge in [-0.15, -0.1) is 0 Å². The molecule has 0 spiro atoms. The van der Waals surface area contributed by atoms with Crippen molar-refractivity contribution in [3.05, 3.63) is 29.3 Å². The summed E-state index contributed by atoms with van der Waals surface area (Å²) < 4.78 is 5.49. The zero-order chi connectivity index (χ0) is 11.7. The van der Waals surface area contributed by atoms with E-state index in [-0.39, 0.29) is 6.10 Å². The summed E-state index contributed by atoms with van der Waals surface area (Å²) in [6.07, 6.45) is 6.59. The summed E-state index contributed by atoms with van der Waals surface area (Å²) in [7, 11) is 0. The average molecular weight is 232 g/mol. The monoisotopic (exact) mass is 232 g/mol. The van der Waals surface area contributed by atoms with Crippen LogP contribution in [0, 0.1) is 5.92 Å². The van der Waals surface area contributed by atoms with E-state index in [1.54, 1.807) is 0 Å². The number of aliphatic hydroxyl groups is 1. The number of aryl methyl sites for hydroxylation is 1. The van der Waals surface area contributed by atoms with Crippen molar-refractivity contribution in [2.24, 2.45) is 5.92 Å². The van der Waals surface area contributed by atoms with Crippen LogP contribution in [-0.2, 0) is 12.8 Å². The van der Waals surface area contributed by atoms with Gasteiger partial charge < -0.3 is 9.84 Å². The number of aliphatic hydroxyl groups excluding tert-OH is 1. The van der Waals surface area contributed by atoms with Gasteiger partial charge in [0.1, 0.15) is 5.75 Å². The third-order valence-electron chi connectivity index (χ3n) is 4.18. The van der Waals surface area contributed by atoms with Gasteiger partial charge in [-0.2, -0.15) is 0 Å². The maximum atomic E-state index is 10.00. The summed E-state index contributed by atoms with van der Waals surface area (Å²) in [5.74, 6) is 1.63. The van der Waals surface area contributed by atoms with Crippen LogP contribution in [-0.4, -0.2) is 17.8 Å². The Morgan fingerprint density at radius 1 is 1.35 bits per heavy atom. The summed E-state index contributed by atoms with van der Waals surface area (Å²) in [4.78, 5) is 0. The summed E-state index contributed by atoms with van der Waals surface area (Å²) >= 11 is 0. The molecule has 3 rings (SSSR count). The van der Waals surface area contributed by atoms with Crippen LogP contribution >= 0.6 is 0 Å². The Morgan fingerprint density at radius 2 is 2.24 bits per heavy atom. The van der Waals surface area contributed by atoms with Crippen LogP contribution in [0.5, 0.6) is 5.75 Å². The fourth-order valence-electron chi connectivity index (χ4n) is 2.77. The molecule has 1 fully saturated rings. The molecule has 2 aliphatic rings. The SMILES string of the molecule is OC(CCc1ccc2c(c1)CCO2)C1CCC1. The quantitative estimate of drug-likeness (QED) is 0.865. The van der Waals surface area contributed by atoms with E-state index in [2.05, 4.69) is 18.2 Å². The Labute approximate surface area is 103 Å². The lowest BCUT2D eigenvalue weighted by molar-refractivity contribution is 0.0560. The van der Waals surface area contributed by atoms with E-state index in [9.17, 15) is 5.11 Å². The second-order valence-electron chi connectivity index (χ2n) is 5.34. The highest BCUT2D eigenvalue weighted by atomic mass is 16.5. The Kier molecular flexibility index (Phi) is 3.06. The van der Waals surface area contributed by atoms with Crippen molar-refractivity contribution in [1.82, 2.24) is 0 Å². The molecule has 1 aliphatic carbocycles. The van der Waals surface area contributed by atoms with Crippen molar-refractivity contribution in [3.8, 4) is 5.75 Å². The number of fused-ring (bicyclic) bond motifs is 1. The number of hydrogen-bond acceptors (Lipinski definition) is 2. The molecule has 1 aromatic rings. The topological polar surface area (TPSA) is 29.5 Å². The minimum atomic E-state index is -0.0896. The summed E-state index contributed by atoms with van der Waals surface area (Å²) in [5, 5.41) is 10.00. The first kappa shape index (κ1) is 11.1. The van der Waals surface area contributed by atoms with Gasteiger partial charge in [0, 0.05) is 6.42 Å². The van der Waals surface area contributed by atoms with Gasteiger partial charge in [-0.05, 0) is 48.8 Å². The Hall–Kier alpha value is -1.02. The summed E-state index contributed by atoms with van der Waals surface area (Å²) in [6, 6.07) is 6.46. The van der Waals surface area contributed by atoms with Crippen molar-refractivity contribution in [2.75, 3.05) is 6.61 Å². The smallest absolute Gasteiger partial charge is 0.122 e. The first-order chi connectivity index (χ1) is 8.33. The van der Waals surface area contributed by atoms with Gasteiger partial charge in [0.05, 0.1) is 12.7 Å². The standard InChI is InChI=1S/C15H20O2/c16-14(12-2-1-3-12)6-4-11-5-7-15-13(10-11)8-9-17-15/h5,7,10,12,14,16H,1-4,6,8-9H2. The molecule has 2 nitrogen and oxygen atoms in total. The minimum absolute atomic E-state index is 0.0896. The highest BCUT2D eigenvalue weighted by molar-refractivity contribution is 5.39. The van der Waals surface area contributed by atoms with Crippen LogP contribution in [0.25, 0.3) is 0 Å². The second-order valence-corrected chi connectivity index (χ2v) is 5.34. The zero-order valence-electron chi connectivity index (χ0n) is 10.2. The number of ether oxygens (including phenoxy) is 1. The van der Waals surface area contributed by atoms with Gasteiger partial charge in [0.2, 0.25) is 0 Å². The molecule has 17 heavy (non-hydrogen) atoms. The largest absolute Gasteiger partial charge is 0.493 e. The molecule has 0 radical (unpaired) electrons. The normalized spacial score (nSPS) is 20.5. The molecular formula is C15H20O2. The van der Waals surface area contributed by atoms with Crippen molar-refractivity contribution in [1.29, 1.82) is 0 Å². The molecule has 1 saturated carbocycles. The molecule has 1 aromatic carbocycles. The van der Waals surface area contributed by atoms with Crippen LogP contribution in [0.4, 0.5) is 0 Å². The van der Waals surface area contributed by atoms with E-state index in [0.717, 1.165) is 31.6 Å². The molecule has 1 N–H and O–H groups in total. The van der Waals surface area contributed by atoms with Gasteiger partial charge in [0.15, 0.2) is 0 Å². The van der Waals surface area contributed by atoms with Gasteiger partial charge >= 0.3 is 0 Å². The lowest BCUT2D eigenvalue weighted by atomic mass is 9.79. The van der Waals surface area contributed by atoms with E-state index < -0.39 is 0 Å². The molecule has 0 saturated heterocycles. The van der Waals surface area contributed by atoms with E-state index in [1.165, 1.54) is 30.4 Å². The zero-order valence-corrected chi connectivity index (χ0v) is 10.2. The predicted molar refractivity (Wildman–Crippen MR) is 67.3 cm³/mol. The fourth-order valence-corrected chi connectivity index (χ4v) is 2.77. The van der Waals surface area contributed by atoms with Crippen LogP contribution in [0.15, 0.2) is 18.2 Å². The average Bonchev–Trinajstić information content (AvgIpc) is 2.71. The van der Waals surface area contributed by atoms with Crippen LogP contribution < -0.4 is 4.74 Å². The number of hydrogen-bond donors (Lipinski definition) is 1. The number of rotatable bonds is 4. The molecular weight excluding hydrogens is 212 g/mol. The highest BCUT2D eigenvalue weighted by Gasteiger charge is 2.25. The fraction of sp³-hybridized carbons (Fsp3) is 0.600. The summed E-state index contributed by atoms with van der Waals surface area (Å²) in [5.41, 5.74) is 2.67. The number of benzene rings is 1. The van der Waals surface area contributed by atoms with Gasteiger partial charge in [-0.25, -0.2) is 0 Å². The Bertz CT molecular complexity index is 396. The van der Waals surface area contributed by atoms with E-state index >= 15 is 0 Å². The molecule has 1 heterocycles. The lowest BCUT2D eigenvalue weighted by Crippen LogP contribution is -2.26. The maximum absolute atomic E-state index is 10.00. The van der Waals surface area contributed by atoms with E-state index in [1.807, 2.05) is 0 Å². The van der Waals surface area contributed by atoms with Crippen LogP contribution in [0.3, 0.4) is 0 Å². The molecule has 1 aliphatic heterocycles. The molecule has 0 aromatic heterocycles. The van der Waals surface area contributed by atoms with Crippen LogP contribution in [0.2, 0.25) is 0 Å². The van der Waals surface area contributed by atoms with Gasteiger partial charge in [0.25, 0.3) is 0 Å². The Balaban J connectivity index is 1.57. The summed E-state index contributed by atoms with van der Waals surface area (Å²) in [6.45, 7) is 0.823. The lowest BCUT2D eigenvalue weighted by Gasteiger charge is -2.30. The van der Waals surface area contributed by atoms with E-state index in [0.29, 0.717) is 5.92 Å². The first-order valence-corrected chi connectivity index (χ1v) is 6.75.